The average molecular weight is 398 g/mol. The van der Waals surface area contributed by atoms with Gasteiger partial charge >= 0.3 is 6.03 Å². The average Bonchev–Trinajstić information content (AvgIpc) is 3.08. The highest BCUT2D eigenvalue weighted by Crippen LogP contribution is 2.25. The van der Waals surface area contributed by atoms with Gasteiger partial charge in [-0.3, -0.25) is 5.32 Å². The van der Waals surface area contributed by atoms with E-state index in [4.69, 9.17) is 9.26 Å². The van der Waals surface area contributed by atoms with Crippen LogP contribution in [0.4, 0.5) is 15.0 Å². The van der Waals surface area contributed by atoms with Crippen molar-refractivity contribution in [1.82, 2.24) is 14.8 Å². The molecule has 2 aromatic rings. The van der Waals surface area contributed by atoms with E-state index in [9.17, 15) is 17.6 Å². The van der Waals surface area contributed by atoms with Gasteiger partial charge in [0.1, 0.15) is 5.82 Å². The summed E-state index contributed by atoms with van der Waals surface area (Å²) in [6.07, 6.45) is 1.04. The smallest absolute Gasteiger partial charge is 0.323 e. The molecule has 1 aliphatic rings. The highest BCUT2D eigenvalue weighted by molar-refractivity contribution is 7.88. The van der Waals surface area contributed by atoms with Crippen LogP contribution >= 0.6 is 0 Å². The number of aromatic nitrogens is 1. The summed E-state index contributed by atoms with van der Waals surface area (Å²) in [4.78, 5) is 14.0. The van der Waals surface area contributed by atoms with Gasteiger partial charge in [0, 0.05) is 19.2 Å². The van der Waals surface area contributed by atoms with Crippen LogP contribution in [0.1, 0.15) is 0 Å². The molecule has 1 atom stereocenters. The number of anilines is 1. The normalized spacial score (nSPS) is 17.7. The molecule has 2 N–H and O–H groups in total. The molecule has 27 heavy (non-hydrogen) atoms. The lowest BCUT2D eigenvalue weighted by Gasteiger charge is -2.35. The Morgan fingerprint density at radius 2 is 2.19 bits per heavy atom. The van der Waals surface area contributed by atoms with Crippen LogP contribution in [-0.2, 0) is 14.8 Å². The summed E-state index contributed by atoms with van der Waals surface area (Å²) in [5.41, 5.74) is 0.229. The SMILES string of the molecule is CS(=O)(=O)NCC1COCCN1C(=O)Nc1cc(-c2ccccc2F)on1. The lowest BCUT2D eigenvalue weighted by atomic mass is 10.1. The molecule has 0 spiro atoms. The van der Waals surface area contributed by atoms with E-state index >= 15 is 0 Å². The first-order valence-electron chi connectivity index (χ1n) is 8.15. The minimum atomic E-state index is -3.39. The van der Waals surface area contributed by atoms with E-state index < -0.39 is 27.9 Å². The number of nitrogens with one attached hydrogen (secondary N) is 2. The molecule has 146 valence electrons. The van der Waals surface area contributed by atoms with Gasteiger partial charge in [0.05, 0.1) is 31.1 Å². The van der Waals surface area contributed by atoms with Crippen molar-refractivity contribution in [3.8, 4) is 11.3 Å². The molecule has 3 rings (SSSR count). The molecular formula is C16H19FN4O5S. The van der Waals surface area contributed by atoms with Crippen LogP contribution in [0.15, 0.2) is 34.9 Å². The second-order valence-corrected chi connectivity index (χ2v) is 7.86. The summed E-state index contributed by atoms with van der Waals surface area (Å²) < 4.78 is 49.2. The molecule has 0 saturated carbocycles. The Hall–Kier alpha value is -2.50. The van der Waals surface area contributed by atoms with Crippen LogP contribution in [0.25, 0.3) is 11.3 Å². The fraction of sp³-hybridized carbons (Fsp3) is 0.375. The maximum absolute atomic E-state index is 13.8. The third-order valence-corrected chi connectivity index (χ3v) is 4.65. The van der Waals surface area contributed by atoms with Gasteiger partial charge in [0.15, 0.2) is 11.6 Å². The van der Waals surface area contributed by atoms with Crippen molar-refractivity contribution in [2.24, 2.45) is 0 Å². The highest BCUT2D eigenvalue weighted by atomic mass is 32.2. The van der Waals surface area contributed by atoms with Crippen molar-refractivity contribution in [3.63, 3.8) is 0 Å². The van der Waals surface area contributed by atoms with Gasteiger partial charge < -0.3 is 14.2 Å². The number of morpholine rings is 1. The fourth-order valence-electron chi connectivity index (χ4n) is 2.64. The summed E-state index contributed by atoms with van der Waals surface area (Å²) in [6.45, 7) is 0.864. The van der Waals surface area contributed by atoms with Gasteiger partial charge in [-0.1, -0.05) is 17.3 Å². The van der Waals surface area contributed by atoms with E-state index in [0.29, 0.717) is 13.2 Å². The van der Waals surface area contributed by atoms with Crippen LogP contribution < -0.4 is 10.0 Å². The Morgan fingerprint density at radius 3 is 2.93 bits per heavy atom. The van der Waals surface area contributed by atoms with E-state index in [2.05, 4.69) is 15.2 Å². The Bertz CT molecular complexity index is 917. The van der Waals surface area contributed by atoms with E-state index in [1.54, 1.807) is 12.1 Å². The number of carbonyl (C=O) groups is 1. The summed E-state index contributed by atoms with van der Waals surface area (Å²) in [6, 6.07) is 6.52. The number of sulfonamides is 1. The van der Waals surface area contributed by atoms with Crippen molar-refractivity contribution in [1.29, 1.82) is 0 Å². The standard InChI is InChI=1S/C16H19FN4O5S/c1-27(23,24)18-9-11-10-25-7-6-21(11)16(22)19-15-8-14(26-20-15)12-4-2-3-5-13(12)17/h2-5,8,11,18H,6-7,9-10H2,1H3,(H,19,20,22). The molecule has 2 amide bonds. The molecule has 1 fully saturated rings. The van der Waals surface area contributed by atoms with Gasteiger partial charge in [-0.05, 0) is 12.1 Å². The lowest BCUT2D eigenvalue weighted by Crippen LogP contribution is -2.54. The van der Waals surface area contributed by atoms with Gasteiger partial charge in [-0.2, -0.15) is 0 Å². The van der Waals surface area contributed by atoms with Crippen molar-refractivity contribution < 1.29 is 26.9 Å². The molecule has 1 aromatic heterocycles. The molecule has 0 aliphatic carbocycles. The molecule has 2 heterocycles. The first kappa shape index (κ1) is 19.3. The Kier molecular flexibility index (Phi) is 5.73. The molecule has 1 unspecified atom stereocenters. The number of ether oxygens (including phenoxy) is 1. The highest BCUT2D eigenvalue weighted by Gasteiger charge is 2.28. The van der Waals surface area contributed by atoms with E-state index in [-0.39, 0.29) is 30.3 Å². The topological polar surface area (TPSA) is 114 Å². The molecule has 1 aromatic carbocycles. The summed E-state index contributed by atoms with van der Waals surface area (Å²) in [5.74, 6) is -0.160. The fourth-order valence-corrected chi connectivity index (χ4v) is 3.14. The Labute approximate surface area is 155 Å². The largest absolute Gasteiger partial charge is 0.377 e. The number of carbonyl (C=O) groups excluding carboxylic acids is 1. The molecule has 9 nitrogen and oxygen atoms in total. The Balaban J connectivity index is 1.68. The summed E-state index contributed by atoms with van der Waals surface area (Å²) >= 11 is 0. The third kappa shape index (κ3) is 5.02. The van der Waals surface area contributed by atoms with Crippen LogP contribution in [0, 0.1) is 5.82 Å². The zero-order chi connectivity index (χ0) is 19.4. The zero-order valence-electron chi connectivity index (χ0n) is 14.5. The molecular weight excluding hydrogens is 379 g/mol. The van der Waals surface area contributed by atoms with Crippen molar-refractivity contribution >= 4 is 21.9 Å². The number of urea groups is 1. The number of benzene rings is 1. The van der Waals surface area contributed by atoms with E-state index in [1.165, 1.54) is 23.1 Å². The molecule has 1 aliphatic heterocycles. The van der Waals surface area contributed by atoms with E-state index in [1.807, 2.05) is 0 Å². The van der Waals surface area contributed by atoms with Gasteiger partial charge in [-0.25, -0.2) is 22.3 Å². The number of nitrogens with zero attached hydrogens (tertiary/aromatic N) is 2. The number of halogens is 1. The molecule has 1 saturated heterocycles. The van der Waals surface area contributed by atoms with Crippen LogP contribution in [0.3, 0.4) is 0 Å². The van der Waals surface area contributed by atoms with Crippen molar-refractivity contribution in [2.75, 3.05) is 37.9 Å². The monoisotopic (exact) mass is 398 g/mol. The maximum Gasteiger partial charge on any atom is 0.323 e. The number of amides is 2. The maximum atomic E-state index is 13.8. The quantitative estimate of drug-likeness (QED) is 0.784. The first-order valence-corrected chi connectivity index (χ1v) is 10.0. The van der Waals surface area contributed by atoms with Crippen molar-refractivity contribution in [3.05, 3.63) is 36.1 Å². The number of rotatable bonds is 5. The third-order valence-electron chi connectivity index (χ3n) is 3.95. The zero-order valence-corrected chi connectivity index (χ0v) is 15.3. The second kappa shape index (κ2) is 8.03. The lowest BCUT2D eigenvalue weighted by molar-refractivity contribution is 0.0176. The molecule has 0 radical (unpaired) electrons. The van der Waals surface area contributed by atoms with Gasteiger partial charge in [0.25, 0.3) is 0 Å². The minimum absolute atomic E-state index is 0.0333. The molecule has 11 heteroatoms. The second-order valence-electron chi connectivity index (χ2n) is 6.03. The minimum Gasteiger partial charge on any atom is -0.377 e. The Morgan fingerprint density at radius 1 is 1.41 bits per heavy atom. The predicted molar refractivity (Wildman–Crippen MR) is 95.1 cm³/mol. The van der Waals surface area contributed by atoms with Crippen LogP contribution in [0.5, 0.6) is 0 Å². The van der Waals surface area contributed by atoms with Gasteiger partial charge in [-0.15, -0.1) is 0 Å². The van der Waals surface area contributed by atoms with Crippen LogP contribution in [-0.4, -0.2) is 63.1 Å². The predicted octanol–water partition coefficient (Wildman–Crippen LogP) is 1.26. The number of hydrogen-bond donors (Lipinski definition) is 2. The first-order chi connectivity index (χ1) is 12.8. The number of hydrogen-bond acceptors (Lipinski definition) is 6. The summed E-state index contributed by atoms with van der Waals surface area (Å²) in [5, 5.41) is 6.31. The van der Waals surface area contributed by atoms with E-state index in [0.717, 1.165) is 6.26 Å². The van der Waals surface area contributed by atoms with Gasteiger partial charge in [0.2, 0.25) is 10.0 Å². The van der Waals surface area contributed by atoms with Crippen molar-refractivity contribution in [2.45, 2.75) is 6.04 Å². The molecule has 0 bridgehead atoms. The summed E-state index contributed by atoms with van der Waals surface area (Å²) in [7, 11) is -3.39. The van der Waals surface area contributed by atoms with Crippen LogP contribution in [0.2, 0.25) is 0 Å².